The number of hydrogen-bond acceptors (Lipinski definition) is 3. The second-order valence-electron chi connectivity index (χ2n) is 5.81. The fraction of sp³-hybridized carbons (Fsp3) is 0.412. The third-order valence-electron chi connectivity index (χ3n) is 4.21. The maximum Gasteiger partial charge on any atom is 0.272 e. The van der Waals surface area contributed by atoms with E-state index >= 15 is 0 Å². The van der Waals surface area contributed by atoms with Gasteiger partial charge in [-0.3, -0.25) is 4.79 Å². The summed E-state index contributed by atoms with van der Waals surface area (Å²) in [6.07, 6.45) is 1.07. The van der Waals surface area contributed by atoms with Gasteiger partial charge in [-0.2, -0.15) is 0 Å². The molecule has 1 saturated heterocycles. The van der Waals surface area contributed by atoms with E-state index in [-0.39, 0.29) is 5.91 Å². The van der Waals surface area contributed by atoms with Gasteiger partial charge in [-0.1, -0.05) is 18.2 Å². The lowest BCUT2D eigenvalue weighted by atomic mass is 10.1. The first-order valence-electron chi connectivity index (χ1n) is 7.49. The van der Waals surface area contributed by atoms with Gasteiger partial charge in [0.15, 0.2) is 0 Å². The minimum absolute atomic E-state index is 0.0578. The molecule has 110 valence electrons. The maximum absolute atomic E-state index is 12.6. The van der Waals surface area contributed by atoms with Crippen molar-refractivity contribution in [2.24, 2.45) is 5.92 Å². The Kier molecular flexibility index (Phi) is 3.88. The summed E-state index contributed by atoms with van der Waals surface area (Å²) >= 11 is 0. The number of para-hydroxylation sites is 1. The predicted octanol–water partition coefficient (Wildman–Crippen LogP) is 2.22. The third kappa shape index (κ3) is 2.76. The van der Waals surface area contributed by atoms with E-state index in [0.717, 1.165) is 42.5 Å². The Morgan fingerprint density at radius 2 is 2.24 bits per heavy atom. The monoisotopic (exact) mass is 283 g/mol. The quantitative estimate of drug-likeness (QED) is 0.939. The SMILES string of the molecule is CNC[C@@H]1CCN(C(=O)c2cc(C)c3ccccc3n2)C1. The van der Waals surface area contributed by atoms with E-state index in [1.54, 1.807) is 0 Å². The fourth-order valence-electron chi connectivity index (χ4n) is 3.09. The molecule has 21 heavy (non-hydrogen) atoms. The molecule has 2 heterocycles. The molecule has 0 spiro atoms. The van der Waals surface area contributed by atoms with Gasteiger partial charge in [-0.25, -0.2) is 4.98 Å². The first-order valence-corrected chi connectivity index (χ1v) is 7.49. The van der Waals surface area contributed by atoms with Crippen LogP contribution in [0.5, 0.6) is 0 Å². The Labute approximate surface area is 125 Å². The molecule has 1 amide bonds. The molecular formula is C17H21N3O. The summed E-state index contributed by atoms with van der Waals surface area (Å²) in [5.41, 5.74) is 2.57. The highest BCUT2D eigenvalue weighted by Crippen LogP contribution is 2.21. The van der Waals surface area contributed by atoms with Crippen LogP contribution in [-0.4, -0.2) is 42.5 Å². The van der Waals surface area contributed by atoms with E-state index in [1.807, 2.05) is 49.2 Å². The summed E-state index contributed by atoms with van der Waals surface area (Å²) < 4.78 is 0. The van der Waals surface area contributed by atoms with Crippen LogP contribution in [0.3, 0.4) is 0 Å². The number of amides is 1. The number of likely N-dealkylation sites (tertiary alicyclic amines) is 1. The molecule has 0 saturated carbocycles. The van der Waals surface area contributed by atoms with Crippen molar-refractivity contribution in [1.29, 1.82) is 0 Å². The summed E-state index contributed by atoms with van der Waals surface area (Å²) in [5, 5.41) is 4.30. The zero-order chi connectivity index (χ0) is 14.8. The highest BCUT2D eigenvalue weighted by molar-refractivity contribution is 5.96. The van der Waals surface area contributed by atoms with Gasteiger partial charge in [0.1, 0.15) is 5.69 Å². The molecule has 0 unspecified atom stereocenters. The lowest BCUT2D eigenvalue weighted by Crippen LogP contribution is -2.31. The molecule has 1 N–H and O–H groups in total. The third-order valence-corrected chi connectivity index (χ3v) is 4.21. The molecule has 1 aliphatic heterocycles. The van der Waals surface area contributed by atoms with Crippen LogP contribution >= 0.6 is 0 Å². The zero-order valence-corrected chi connectivity index (χ0v) is 12.6. The van der Waals surface area contributed by atoms with Crippen molar-refractivity contribution in [3.8, 4) is 0 Å². The minimum atomic E-state index is 0.0578. The van der Waals surface area contributed by atoms with E-state index < -0.39 is 0 Å². The predicted molar refractivity (Wildman–Crippen MR) is 84.4 cm³/mol. The number of nitrogens with zero attached hydrogens (tertiary/aromatic N) is 2. The number of carbonyl (C=O) groups excluding carboxylic acids is 1. The lowest BCUT2D eigenvalue weighted by Gasteiger charge is -2.17. The Hall–Kier alpha value is -1.94. The van der Waals surface area contributed by atoms with Crippen molar-refractivity contribution in [3.05, 3.63) is 41.6 Å². The highest BCUT2D eigenvalue weighted by Gasteiger charge is 2.27. The molecular weight excluding hydrogens is 262 g/mol. The zero-order valence-electron chi connectivity index (χ0n) is 12.6. The molecule has 1 aromatic heterocycles. The second kappa shape index (κ2) is 5.82. The van der Waals surface area contributed by atoms with Gasteiger partial charge in [-0.05, 0) is 50.6 Å². The van der Waals surface area contributed by atoms with Gasteiger partial charge < -0.3 is 10.2 Å². The molecule has 1 fully saturated rings. The average Bonchev–Trinajstić information content (AvgIpc) is 2.95. The number of fused-ring (bicyclic) bond motifs is 1. The Morgan fingerprint density at radius 1 is 1.43 bits per heavy atom. The number of aromatic nitrogens is 1. The molecule has 4 nitrogen and oxygen atoms in total. The molecule has 1 aromatic carbocycles. The minimum Gasteiger partial charge on any atom is -0.337 e. The lowest BCUT2D eigenvalue weighted by molar-refractivity contribution is 0.0781. The maximum atomic E-state index is 12.6. The summed E-state index contributed by atoms with van der Waals surface area (Å²) in [6.45, 7) is 4.66. The van der Waals surface area contributed by atoms with Gasteiger partial charge in [-0.15, -0.1) is 0 Å². The van der Waals surface area contributed by atoms with Crippen molar-refractivity contribution in [1.82, 2.24) is 15.2 Å². The first kappa shape index (κ1) is 14.0. The summed E-state index contributed by atoms with van der Waals surface area (Å²) in [5.74, 6) is 0.614. The molecule has 0 radical (unpaired) electrons. The fourth-order valence-corrected chi connectivity index (χ4v) is 3.09. The van der Waals surface area contributed by atoms with Crippen molar-refractivity contribution in [2.75, 3.05) is 26.7 Å². The van der Waals surface area contributed by atoms with Crippen LogP contribution < -0.4 is 5.32 Å². The van der Waals surface area contributed by atoms with Crippen LogP contribution in [-0.2, 0) is 0 Å². The van der Waals surface area contributed by atoms with Crippen molar-refractivity contribution >= 4 is 16.8 Å². The molecule has 1 aliphatic rings. The normalized spacial score (nSPS) is 18.4. The number of pyridine rings is 1. The molecule has 3 rings (SSSR count). The molecule has 0 aliphatic carbocycles. The van der Waals surface area contributed by atoms with Gasteiger partial charge in [0.25, 0.3) is 5.91 Å². The van der Waals surface area contributed by atoms with Crippen LogP contribution in [0, 0.1) is 12.8 Å². The standard InChI is InChI=1S/C17H21N3O/c1-12-9-16(19-15-6-4-3-5-14(12)15)17(21)20-8-7-13(11-20)10-18-2/h3-6,9,13,18H,7-8,10-11H2,1-2H3/t13-/m0/s1. The summed E-state index contributed by atoms with van der Waals surface area (Å²) in [6, 6.07) is 9.89. The van der Waals surface area contributed by atoms with Crippen LogP contribution in [0.4, 0.5) is 0 Å². The number of aryl methyl sites for hydroxylation is 1. The van der Waals surface area contributed by atoms with E-state index in [0.29, 0.717) is 11.6 Å². The van der Waals surface area contributed by atoms with E-state index in [9.17, 15) is 4.79 Å². The van der Waals surface area contributed by atoms with Gasteiger partial charge in [0, 0.05) is 18.5 Å². The van der Waals surface area contributed by atoms with Gasteiger partial charge >= 0.3 is 0 Å². The Morgan fingerprint density at radius 3 is 3.05 bits per heavy atom. The molecule has 0 bridgehead atoms. The van der Waals surface area contributed by atoms with Crippen LogP contribution in [0.15, 0.2) is 30.3 Å². The first-order chi connectivity index (χ1) is 10.2. The number of carbonyl (C=O) groups is 1. The Bertz CT molecular complexity index is 668. The van der Waals surface area contributed by atoms with Crippen molar-refractivity contribution in [3.63, 3.8) is 0 Å². The number of hydrogen-bond donors (Lipinski definition) is 1. The number of benzene rings is 1. The van der Waals surface area contributed by atoms with Gasteiger partial charge in [0.05, 0.1) is 5.52 Å². The van der Waals surface area contributed by atoms with Crippen molar-refractivity contribution < 1.29 is 4.79 Å². The molecule has 1 atom stereocenters. The van der Waals surface area contributed by atoms with Crippen LogP contribution in [0.25, 0.3) is 10.9 Å². The topological polar surface area (TPSA) is 45.2 Å². The highest BCUT2D eigenvalue weighted by atomic mass is 16.2. The summed E-state index contributed by atoms with van der Waals surface area (Å²) in [4.78, 5) is 19.1. The second-order valence-corrected chi connectivity index (χ2v) is 5.81. The van der Waals surface area contributed by atoms with Crippen molar-refractivity contribution in [2.45, 2.75) is 13.3 Å². The number of nitrogens with one attached hydrogen (secondary N) is 1. The summed E-state index contributed by atoms with van der Waals surface area (Å²) in [7, 11) is 1.96. The molecule has 2 aromatic rings. The molecule has 4 heteroatoms. The van der Waals surface area contributed by atoms with E-state index in [4.69, 9.17) is 0 Å². The van der Waals surface area contributed by atoms with Crippen LogP contribution in [0.2, 0.25) is 0 Å². The van der Waals surface area contributed by atoms with E-state index in [2.05, 4.69) is 10.3 Å². The smallest absolute Gasteiger partial charge is 0.272 e. The van der Waals surface area contributed by atoms with E-state index in [1.165, 1.54) is 0 Å². The average molecular weight is 283 g/mol. The van der Waals surface area contributed by atoms with Gasteiger partial charge in [0.2, 0.25) is 0 Å². The Balaban J connectivity index is 1.85. The van der Waals surface area contributed by atoms with Crippen LogP contribution in [0.1, 0.15) is 22.5 Å². The largest absolute Gasteiger partial charge is 0.337 e. The number of rotatable bonds is 3.